The molecule has 4 nitrogen and oxygen atoms in total. The molecule has 0 spiro atoms. The number of halogens is 1. The molecule has 0 aliphatic carbocycles. The van der Waals surface area contributed by atoms with Gasteiger partial charge >= 0.3 is 0 Å². The van der Waals surface area contributed by atoms with E-state index in [1.165, 1.54) is 0 Å². The Morgan fingerprint density at radius 3 is 2.94 bits per heavy atom. The van der Waals surface area contributed by atoms with Gasteiger partial charge in [-0.25, -0.2) is 5.43 Å². The first kappa shape index (κ1) is 13.2. The van der Waals surface area contributed by atoms with E-state index in [0.29, 0.717) is 10.8 Å². The fourth-order valence-corrected chi connectivity index (χ4v) is 2.19. The summed E-state index contributed by atoms with van der Waals surface area (Å²) < 4.78 is 11.0. The van der Waals surface area contributed by atoms with Crippen LogP contribution in [0.25, 0.3) is 0 Å². The third kappa shape index (κ3) is 2.77. The maximum Gasteiger partial charge on any atom is 0.125 e. The van der Waals surface area contributed by atoms with Crippen molar-refractivity contribution >= 4 is 11.6 Å². The molecule has 1 aromatic rings. The van der Waals surface area contributed by atoms with Crippen LogP contribution in [-0.4, -0.2) is 13.7 Å². The summed E-state index contributed by atoms with van der Waals surface area (Å²) in [6.45, 7) is 0.722. The molecule has 1 unspecified atom stereocenters. The van der Waals surface area contributed by atoms with Gasteiger partial charge in [-0.15, -0.1) is 0 Å². The van der Waals surface area contributed by atoms with Gasteiger partial charge in [0.1, 0.15) is 17.6 Å². The average Bonchev–Trinajstić information content (AvgIpc) is 2.42. The van der Waals surface area contributed by atoms with E-state index in [1.807, 2.05) is 12.1 Å². The second-order valence-electron chi connectivity index (χ2n) is 4.08. The second kappa shape index (κ2) is 6.09. The molecule has 98 valence electrons. The van der Waals surface area contributed by atoms with Gasteiger partial charge in [-0.3, -0.25) is 5.84 Å². The van der Waals surface area contributed by atoms with Crippen molar-refractivity contribution in [3.05, 3.63) is 40.6 Å². The Labute approximate surface area is 112 Å². The number of allylic oxidation sites excluding steroid dienone is 1. The van der Waals surface area contributed by atoms with Gasteiger partial charge in [0.05, 0.1) is 13.7 Å². The van der Waals surface area contributed by atoms with Crippen LogP contribution in [0.4, 0.5) is 0 Å². The van der Waals surface area contributed by atoms with E-state index in [4.69, 9.17) is 26.9 Å². The Morgan fingerprint density at radius 2 is 2.33 bits per heavy atom. The van der Waals surface area contributed by atoms with Gasteiger partial charge in [0, 0.05) is 10.6 Å². The number of methoxy groups -OCH3 is 1. The van der Waals surface area contributed by atoms with Gasteiger partial charge in [0.15, 0.2) is 0 Å². The van der Waals surface area contributed by atoms with Crippen molar-refractivity contribution in [3.63, 3.8) is 0 Å². The maximum absolute atomic E-state index is 5.95. The standard InChI is InChI=1S/C13H17ClN2O2/c1-17-12-8-9(14)5-6-10(12)13(16-15)11-4-2-3-7-18-11/h4-6,8,13,16H,2-3,7,15H2,1H3. The molecule has 3 N–H and O–H groups in total. The molecule has 5 heteroatoms. The number of ether oxygens (including phenoxy) is 2. The van der Waals surface area contributed by atoms with Crippen LogP contribution in [0.15, 0.2) is 30.0 Å². The summed E-state index contributed by atoms with van der Waals surface area (Å²) in [4.78, 5) is 0. The third-order valence-corrected chi connectivity index (χ3v) is 3.16. The van der Waals surface area contributed by atoms with E-state index < -0.39 is 0 Å². The van der Waals surface area contributed by atoms with Crippen molar-refractivity contribution in [2.75, 3.05) is 13.7 Å². The molecule has 1 heterocycles. The summed E-state index contributed by atoms with van der Waals surface area (Å²) in [5.74, 6) is 7.17. The highest BCUT2D eigenvalue weighted by molar-refractivity contribution is 6.30. The molecule has 1 aromatic carbocycles. The quantitative estimate of drug-likeness (QED) is 0.651. The Morgan fingerprint density at radius 1 is 1.50 bits per heavy atom. The van der Waals surface area contributed by atoms with Gasteiger partial charge in [0.25, 0.3) is 0 Å². The number of rotatable bonds is 4. The molecule has 0 saturated carbocycles. The molecule has 1 aliphatic rings. The predicted molar refractivity (Wildman–Crippen MR) is 71.3 cm³/mol. The van der Waals surface area contributed by atoms with E-state index in [0.717, 1.165) is 30.8 Å². The molecule has 1 aliphatic heterocycles. The van der Waals surface area contributed by atoms with Gasteiger partial charge in [0.2, 0.25) is 0 Å². The minimum Gasteiger partial charge on any atom is -0.496 e. The van der Waals surface area contributed by atoms with Crippen molar-refractivity contribution in [1.29, 1.82) is 0 Å². The van der Waals surface area contributed by atoms with Crippen molar-refractivity contribution in [1.82, 2.24) is 5.43 Å². The van der Waals surface area contributed by atoms with E-state index in [1.54, 1.807) is 13.2 Å². The van der Waals surface area contributed by atoms with Crippen LogP contribution in [0.5, 0.6) is 5.75 Å². The second-order valence-corrected chi connectivity index (χ2v) is 4.52. The summed E-state index contributed by atoms with van der Waals surface area (Å²) in [5, 5.41) is 0.630. The minimum atomic E-state index is -0.211. The zero-order chi connectivity index (χ0) is 13.0. The van der Waals surface area contributed by atoms with Crippen LogP contribution in [0, 0.1) is 0 Å². The fraction of sp³-hybridized carbons (Fsp3) is 0.385. The van der Waals surface area contributed by atoms with Crippen molar-refractivity contribution in [2.24, 2.45) is 5.84 Å². The molecule has 0 amide bonds. The molecule has 0 fully saturated rings. The van der Waals surface area contributed by atoms with Crippen LogP contribution in [0.2, 0.25) is 5.02 Å². The lowest BCUT2D eigenvalue weighted by Crippen LogP contribution is -2.31. The van der Waals surface area contributed by atoms with Crippen LogP contribution < -0.4 is 16.0 Å². The van der Waals surface area contributed by atoms with E-state index in [9.17, 15) is 0 Å². The minimum absolute atomic E-state index is 0.211. The normalized spacial score (nSPS) is 16.7. The number of hydrogen-bond acceptors (Lipinski definition) is 4. The first-order valence-electron chi connectivity index (χ1n) is 5.88. The van der Waals surface area contributed by atoms with Gasteiger partial charge in [-0.2, -0.15) is 0 Å². The smallest absolute Gasteiger partial charge is 0.125 e. The van der Waals surface area contributed by atoms with Crippen LogP contribution in [-0.2, 0) is 4.74 Å². The summed E-state index contributed by atoms with van der Waals surface area (Å²) in [6, 6.07) is 5.26. The van der Waals surface area contributed by atoms with Gasteiger partial charge in [-0.05, 0) is 31.1 Å². The molecule has 18 heavy (non-hydrogen) atoms. The summed E-state index contributed by atoms with van der Waals surface area (Å²) in [5.41, 5.74) is 3.68. The largest absolute Gasteiger partial charge is 0.496 e. The van der Waals surface area contributed by atoms with Crippen molar-refractivity contribution in [3.8, 4) is 5.75 Å². The summed E-state index contributed by atoms with van der Waals surface area (Å²) in [7, 11) is 1.61. The monoisotopic (exact) mass is 268 g/mol. The topological polar surface area (TPSA) is 56.5 Å². The zero-order valence-electron chi connectivity index (χ0n) is 10.3. The number of hydrogen-bond donors (Lipinski definition) is 2. The number of nitrogens with one attached hydrogen (secondary N) is 1. The molecule has 0 radical (unpaired) electrons. The first-order valence-corrected chi connectivity index (χ1v) is 6.26. The molecule has 1 atom stereocenters. The maximum atomic E-state index is 5.95. The Bertz CT molecular complexity index is 449. The predicted octanol–water partition coefficient (Wildman–Crippen LogP) is 2.55. The van der Waals surface area contributed by atoms with Crippen molar-refractivity contribution < 1.29 is 9.47 Å². The highest BCUT2D eigenvalue weighted by atomic mass is 35.5. The highest BCUT2D eigenvalue weighted by Crippen LogP contribution is 2.33. The SMILES string of the molecule is COc1cc(Cl)ccc1C(NN)C1=CCCCO1. The molecular weight excluding hydrogens is 252 g/mol. The number of benzene rings is 1. The highest BCUT2D eigenvalue weighted by Gasteiger charge is 2.22. The lowest BCUT2D eigenvalue weighted by atomic mass is 10.0. The van der Waals surface area contributed by atoms with E-state index in [-0.39, 0.29) is 6.04 Å². The zero-order valence-corrected chi connectivity index (χ0v) is 11.0. The lowest BCUT2D eigenvalue weighted by molar-refractivity contribution is 0.167. The molecule has 0 aromatic heterocycles. The molecule has 2 rings (SSSR count). The molecule has 0 saturated heterocycles. The third-order valence-electron chi connectivity index (χ3n) is 2.92. The van der Waals surface area contributed by atoms with E-state index in [2.05, 4.69) is 11.5 Å². The Hall–Kier alpha value is -1.23. The van der Waals surface area contributed by atoms with Crippen LogP contribution in [0.3, 0.4) is 0 Å². The van der Waals surface area contributed by atoms with Crippen molar-refractivity contribution in [2.45, 2.75) is 18.9 Å². The summed E-state index contributed by atoms with van der Waals surface area (Å²) >= 11 is 5.95. The number of nitrogens with two attached hydrogens (primary N) is 1. The Balaban J connectivity index is 2.34. The van der Waals surface area contributed by atoms with Crippen LogP contribution >= 0.6 is 11.6 Å². The Kier molecular flexibility index (Phi) is 4.47. The van der Waals surface area contributed by atoms with Gasteiger partial charge in [-0.1, -0.05) is 17.7 Å². The molecular formula is C13H17ClN2O2. The van der Waals surface area contributed by atoms with Crippen LogP contribution in [0.1, 0.15) is 24.4 Å². The molecule has 0 bridgehead atoms. The average molecular weight is 269 g/mol. The first-order chi connectivity index (χ1) is 8.76. The fourth-order valence-electron chi connectivity index (χ4n) is 2.03. The lowest BCUT2D eigenvalue weighted by Gasteiger charge is -2.24. The van der Waals surface area contributed by atoms with Gasteiger partial charge < -0.3 is 9.47 Å². The number of hydrazine groups is 1. The van der Waals surface area contributed by atoms with E-state index >= 15 is 0 Å². The summed E-state index contributed by atoms with van der Waals surface area (Å²) in [6.07, 6.45) is 4.10.